The zero-order chi connectivity index (χ0) is 15.8. The summed E-state index contributed by atoms with van der Waals surface area (Å²) in [6.07, 6.45) is 0. The SMILES string of the molecule is CCN(CC(C)C)C(=O)COc1ccc(/C(N)=N/O)cc1. The molecule has 6 heteroatoms. The van der Waals surface area contributed by atoms with Crippen molar-refractivity contribution in [2.24, 2.45) is 16.8 Å². The van der Waals surface area contributed by atoms with Crippen LogP contribution in [0.4, 0.5) is 0 Å². The summed E-state index contributed by atoms with van der Waals surface area (Å²) in [5.74, 6) is 0.991. The summed E-state index contributed by atoms with van der Waals surface area (Å²) in [6.45, 7) is 7.49. The fraction of sp³-hybridized carbons (Fsp3) is 0.467. The van der Waals surface area contributed by atoms with Gasteiger partial charge in [0.25, 0.3) is 5.91 Å². The first kappa shape index (κ1) is 16.8. The molecule has 1 aromatic carbocycles. The number of amidine groups is 1. The van der Waals surface area contributed by atoms with E-state index >= 15 is 0 Å². The number of oxime groups is 1. The number of benzene rings is 1. The summed E-state index contributed by atoms with van der Waals surface area (Å²) in [7, 11) is 0. The van der Waals surface area contributed by atoms with Gasteiger partial charge in [-0.25, -0.2) is 0 Å². The molecule has 0 saturated carbocycles. The van der Waals surface area contributed by atoms with E-state index in [2.05, 4.69) is 19.0 Å². The van der Waals surface area contributed by atoms with Crippen LogP contribution in [0, 0.1) is 5.92 Å². The van der Waals surface area contributed by atoms with Crippen LogP contribution in [-0.4, -0.2) is 41.5 Å². The van der Waals surface area contributed by atoms with E-state index in [-0.39, 0.29) is 18.3 Å². The quantitative estimate of drug-likeness (QED) is 0.346. The Morgan fingerprint density at radius 2 is 2.00 bits per heavy atom. The molecule has 0 aliphatic rings. The molecule has 0 unspecified atom stereocenters. The van der Waals surface area contributed by atoms with Gasteiger partial charge in [-0.15, -0.1) is 0 Å². The summed E-state index contributed by atoms with van der Waals surface area (Å²) < 4.78 is 5.47. The van der Waals surface area contributed by atoms with Crippen LogP contribution in [0.1, 0.15) is 26.3 Å². The number of carbonyl (C=O) groups is 1. The highest BCUT2D eigenvalue weighted by Gasteiger charge is 2.13. The number of rotatable bonds is 7. The third kappa shape index (κ3) is 5.33. The average Bonchev–Trinajstić information content (AvgIpc) is 2.49. The fourth-order valence-corrected chi connectivity index (χ4v) is 1.86. The molecular weight excluding hydrogens is 270 g/mol. The van der Waals surface area contributed by atoms with Crippen molar-refractivity contribution in [3.05, 3.63) is 29.8 Å². The second-order valence-electron chi connectivity index (χ2n) is 5.12. The number of hydrogen-bond acceptors (Lipinski definition) is 4. The van der Waals surface area contributed by atoms with Gasteiger partial charge in [0, 0.05) is 18.7 Å². The molecule has 0 aliphatic heterocycles. The Morgan fingerprint density at radius 1 is 1.38 bits per heavy atom. The van der Waals surface area contributed by atoms with Crippen LogP contribution < -0.4 is 10.5 Å². The van der Waals surface area contributed by atoms with Gasteiger partial charge in [0.05, 0.1) is 0 Å². The third-order valence-electron chi connectivity index (χ3n) is 2.94. The second-order valence-corrected chi connectivity index (χ2v) is 5.12. The zero-order valence-electron chi connectivity index (χ0n) is 12.7. The highest BCUT2D eigenvalue weighted by Crippen LogP contribution is 2.12. The number of likely N-dealkylation sites (N-methyl/N-ethyl adjacent to an activating group) is 1. The van der Waals surface area contributed by atoms with E-state index in [1.54, 1.807) is 29.2 Å². The van der Waals surface area contributed by atoms with E-state index in [1.807, 2.05) is 6.92 Å². The maximum Gasteiger partial charge on any atom is 0.260 e. The number of carbonyl (C=O) groups excluding carboxylic acids is 1. The number of amides is 1. The van der Waals surface area contributed by atoms with Gasteiger partial charge in [-0.05, 0) is 37.1 Å². The predicted molar refractivity (Wildman–Crippen MR) is 81.5 cm³/mol. The monoisotopic (exact) mass is 293 g/mol. The lowest BCUT2D eigenvalue weighted by atomic mass is 10.2. The molecule has 1 aromatic rings. The second kappa shape index (κ2) is 8.14. The molecular formula is C15H23N3O3. The number of hydrogen-bond donors (Lipinski definition) is 2. The van der Waals surface area contributed by atoms with Crippen LogP contribution in [0.3, 0.4) is 0 Å². The van der Waals surface area contributed by atoms with E-state index in [0.717, 1.165) is 6.54 Å². The average molecular weight is 293 g/mol. The lowest BCUT2D eigenvalue weighted by molar-refractivity contribution is -0.133. The molecule has 0 fully saturated rings. The Hall–Kier alpha value is -2.24. The molecule has 0 heterocycles. The highest BCUT2D eigenvalue weighted by molar-refractivity contribution is 5.97. The van der Waals surface area contributed by atoms with E-state index < -0.39 is 0 Å². The number of nitrogens with zero attached hydrogens (tertiary/aromatic N) is 2. The normalized spacial score (nSPS) is 11.5. The van der Waals surface area contributed by atoms with Crippen LogP contribution in [-0.2, 0) is 4.79 Å². The Kier molecular flexibility index (Phi) is 6.52. The first-order chi connectivity index (χ1) is 9.97. The Morgan fingerprint density at radius 3 is 2.48 bits per heavy atom. The van der Waals surface area contributed by atoms with Crippen molar-refractivity contribution < 1.29 is 14.7 Å². The molecule has 116 valence electrons. The smallest absolute Gasteiger partial charge is 0.260 e. The first-order valence-corrected chi connectivity index (χ1v) is 6.96. The van der Waals surface area contributed by atoms with E-state index in [1.165, 1.54) is 0 Å². The van der Waals surface area contributed by atoms with Gasteiger partial charge < -0.3 is 20.6 Å². The summed E-state index contributed by atoms with van der Waals surface area (Å²) >= 11 is 0. The number of nitrogens with two attached hydrogens (primary N) is 1. The van der Waals surface area contributed by atoms with Crippen molar-refractivity contribution >= 4 is 11.7 Å². The molecule has 1 amide bonds. The van der Waals surface area contributed by atoms with Crippen LogP contribution >= 0.6 is 0 Å². The fourth-order valence-electron chi connectivity index (χ4n) is 1.86. The van der Waals surface area contributed by atoms with Gasteiger partial charge in [-0.1, -0.05) is 19.0 Å². The lowest BCUT2D eigenvalue weighted by Gasteiger charge is -2.22. The third-order valence-corrected chi connectivity index (χ3v) is 2.94. The van der Waals surface area contributed by atoms with E-state index in [0.29, 0.717) is 23.8 Å². The molecule has 0 bridgehead atoms. The zero-order valence-corrected chi connectivity index (χ0v) is 12.7. The standard InChI is InChI=1S/C15H23N3O3/c1-4-18(9-11(2)3)14(19)10-21-13-7-5-12(6-8-13)15(16)17-20/h5-8,11,20H,4,9-10H2,1-3H3,(H2,16,17). The molecule has 0 spiro atoms. The largest absolute Gasteiger partial charge is 0.484 e. The first-order valence-electron chi connectivity index (χ1n) is 6.96. The van der Waals surface area contributed by atoms with E-state index in [9.17, 15) is 4.79 Å². The maximum atomic E-state index is 12.0. The van der Waals surface area contributed by atoms with Gasteiger partial charge in [-0.3, -0.25) is 4.79 Å². The Labute approximate surface area is 125 Å². The minimum Gasteiger partial charge on any atom is -0.484 e. The van der Waals surface area contributed by atoms with Crippen molar-refractivity contribution in [1.29, 1.82) is 0 Å². The number of ether oxygens (including phenoxy) is 1. The van der Waals surface area contributed by atoms with Crippen molar-refractivity contribution in [2.75, 3.05) is 19.7 Å². The molecule has 1 rings (SSSR count). The van der Waals surface area contributed by atoms with Crippen LogP contribution in [0.2, 0.25) is 0 Å². The lowest BCUT2D eigenvalue weighted by Crippen LogP contribution is -2.37. The maximum absolute atomic E-state index is 12.0. The topological polar surface area (TPSA) is 88.2 Å². The summed E-state index contributed by atoms with van der Waals surface area (Å²) in [5.41, 5.74) is 6.06. The summed E-state index contributed by atoms with van der Waals surface area (Å²) in [4.78, 5) is 13.8. The molecule has 0 aliphatic carbocycles. The molecule has 0 saturated heterocycles. The molecule has 3 N–H and O–H groups in total. The molecule has 21 heavy (non-hydrogen) atoms. The van der Waals surface area contributed by atoms with Gasteiger partial charge in [-0.2, -0.15) is 0 Å². The van der Waals surface area contributed by atoms with Crippen LogP contribution in [0.5, 0.6) is 5.75 Å². The van der Waals surface area contributed by atoms with Gasteiger partial charge in [0.1, 0.15) is 5.75 Å². The summed E-state index contributed by atoms with van der Waals surface area (Å²) in [6, 6.07) is 6.69. The van der Waals surface area contributed by atoms with Crippen molar-refractivity contribution in [1.82, 2.24) is 4.90 Å². The minimum absolute atomic E-state index is 0.00345. The molecule has 0 radical (unpaired) electrons. The van der Waals surface area contributed by atoms with Crippen molar-refractivity contribution in [2.45, 2.75) is 20.8 Å². The molecule has 0 aromatic heterocycles. The molecule has 6 nitrogen and oxygen atoms in total. The van der Waals surface area contributed by atoms with Gasteiger partial charge in [0.15, 0.2) is 12.4 Å². The molecule has 0 atom stereocenters. The van der Waals surface area contributed by atoms with Crippen LogP contribution in [0.15, 0.2) is 29.4 Å². The predicted octanol–water partition coefficient (Wildman–Crippen LogP) is 1.66. The van der Waals surface area contributed by atoms with Gasteiger partial charge >= 0.3 is 0 Å². The minimum atomic E-state index is -0.0355. The van der Waals surface area contributed by atoms with Gasteiger partial charge in [0.2, 0.25) is 0 Å². The highest BCUT2D eigenvalue weighted by atomic mass is 16.5. The summed E-state index contributed by atoms with van der Waals surface area (Å²) in [5, 5.41) is 11.5. The van der Waals surface area contributed by atoms with E-state index in [4.69, 9.17) is 15.7 Å². The Bertz CT molecular complexity index is 483. The van der Waals surface area contributed by atoms with Crippen LogP contribution in [0.25, 0.3) is 0 Å². The van der Waals surface area contributed by atoms with Crippen molar-refractivity contribution in [3.63, 3.8) is 0 Å². The Balaban J connectivity index is 2.56. The van der Waals surface area contributed by atoms with Crippen molar-refractivity contribution in [3.8, 4) is 5.75 Å².